The number of hydrogen-bond acceptors (Lipinski definition) is 4. The first-order valence-electron chi connectivity index (χ1n) is 19.4. The smallest absolute Gasteiger partial charge is 0.205 e. The van der Waals surface area contributed by atoms with Gasteiger partial charge in [-0.05, 0) is 88.0 Å². The van der Waals surface area contributed by atoms with Crippen molar-refractivity contribution < 1.29 is 13.6 Å². The van der Waals surface area contributed by atoms with E-state index < -0.39 is 0 Å². The molecule has 0 amide bonds. The molecule has 0 bridgehead atoms. The molecule has 0 unspecified atom stereocenters. The molecule has 10 aromatic rings. The van der Waals surface area contributed by atoms with E-state index in [2.05, 4.69) is 145 Å². The van der Waals surface area contributed by atoms with Crippen molar-refractivity contribution in [3.8, 4) is 39.1 Å². The molecule has 0 saturated carbocycles. The van der Waals surface area contributed by atoms with Crippen LogP contribution in [0.2, 0.25) is 0 Å². The molecule has 0 radical (unpaired) electrons. The first kappa shape index (κ1) is 33.5. The maximum absolute atomic E-state index is 6.85. The van der Waals surface area contributed by atoms with Crippen molar-refractivity contribution in [3.63, 3.8) is 0 Å². The van der Waals surface area contributed by atoms with Gasteiger partial charge < -0.3 is 13.6 Å². The van der Waals surface area contributed by atoms with Gasteiger partial charge in [-0.1, -0.05) is 152 Å². The van der Waals surface area contributed by atoms with Crippen molar-refractivity contribution >= 4 is 60.8 Å². The summed E-state index contributed by atoms with van der Waals surface area (Å²) in [4.78, 5) is 2.17. The van der Waals surface area contributed by atoms with E-state index in [4.69, 9.17) is 13.6 Å². The third-order valence-electron chi connectivity index (χ3n) is 11.0. The van der Waals surface area contributed by atoms with Gasteiger partial charge in [-0.2, -0.15) is 0 Å². The predicted molar refractivity (Wildman–Crippen MR) is 239 cm³/mol. The van der Waals surface area contributed by atoms with Crippen molar-refractivity contribution in [3.05, 3.63) is 218 Å². The molecule has 0 atom stereocenters. The summed E-state index contributed by atoms with van der Waals surface area (Å²) in [6.07, 6.45) is 6.04. The van der Waals surface area contributed by atoms with Crippen LogP contribution in [0.3, 0.4) is 0 Å². The van der Waals surface area contributed by atoms with Crippen molar-refractivity contribution in [1.29, 1.82) is 0 Å². The Labute approximate surface area is 335 Å². The number of fused-ring (bicyclic) bond motifs is 7. The number of nitrogens with zero attached hydrogens (tertiary/aromatic N) is 1. The van der Waals surface area contributed by atoms with Crippen LogP contribution in [0.15, 0.2) is 222 Å². The highest BCUT2D eigenvalue weighted by Crippen LogP contribution is 2.47. The van der Waals surface area contributed by atoms with Gasteiger partial charge in [0.2, 0.25) is 5.88 Å². The average Bonchev–Trinajstić information content (AvgIpc) is 3.84. The third kappa shape index (κ3) is 5.62. The summed E-state index contributed by atoms with van der Waals surface area (Å²) in [5.74, 6) is 1.41. The largest absolute Gasteiger partial charge is 0.456 e. The molecule has 4 nitrogen and oxygen atoms in total. The van der Waals surface area contributed by atoms with Gasteiger partial charge in [0.05, 0.1) is 0 Å². The highest BCUT2D eigenvalue weighted by molar-refractivity contribution is 6.25. The summed E-state index contributed by atoms with van der Waals surface area (Å²) >= 11 is 0. The van der Waals surface area contributed by atoms with Crippen molar-refractivity contribution in [1.82, 2.24) is 0 Å². The van der Waals surface area contributed by atoms with Gasteiger partial charge in [0.25, 0.3) is 0 Å². The minimum absolute atomic E-state index is 0.667. The summed E-state index contributed by atoms with van der Waals surface area (Å²) in [5.41, 5.74) is 13.6. The Kier molecular flexibility index (Phi) is 7.93. The Morgan fingerprint density at radius 1 is 0.448 bits per heavy atom. The molecular formula is C54H35NO3. The van der Waals surface area contributed by atoms with Gasteiger partial charge in [-0.3, -0.25) is 4.90 Å². The van der Waals surface area contributed by atoms with Crippen LogP contribution >= 0.6 is 0 Å². The number of rotatable bonds is 6. The van der Waals surface area contributed by atoms with Crippen LogP contribution in [0.25, 0.3) is 82.8 Å². The first-order chi connectivity index (χ1) is 28.7. The molecule has 4 heteroatoms. The lowest BCUT2D eigenvalue weighted by atomic mass is 9.94. The number of allylic oxidation sites excluding steroid dienone is 4. The van der Waals surface area contributed by atoms with Gasteiger partial charge in [0.15, 0.2) is 0 Å². The van der Waals surface area contributed by atoms with Crippen LogP contribution in [-0.4, -0.2) is 0 Å². The molecular weight excluding hydrogens is 711 g/mol. The van der Waals surface area contributed by atoms with E-state index in [1.165, 1.54) is 0 Å². The van der Waals surface area contributed by atoms with Gasteiger partial charge >= 0.3 is 0 Å². The molecule has 58 heavy (non-hydrogen) atoms. The van der Waals surface area contributed by atoms with Gasteiger partial charge in [-0.15, -0.1) is 0 Å². The van der Waals surface area contributed by atoms with Gasteiger partial charge in [-0.25, -0.2) is 0 Å². The van der Waals surface area contributed by atoms with Crippen LogP contribution in [0, 0.1) is 0 Å². The summed E-state index contributed by atoms with van der Waals surface area (Å²) in [6, 6.07) is 62.9. The van der Waals surface area contributed by atoms with Crippen LogP contribution < -0.4 is 9.64 Å². The molecule has 1 aliphatic heterocycles. The molecule has 0 aliphatic carbocycles. The second-order valence-corrected chi connectivity index (χ2v) is 14.5. The maximum atomic E-state index is 6.85. The topological polar surface area (TPSA) is 38.8 Å². The van der Waals surface area contributed by atoms with E-state index in [0.29, 0.717) is 5.88 Å². The zero-order valence-corrected chi connectivity index (χ0v) is 31.4. The monoisotopic (exact) mass is 745 g/mol. The Bertz CT molecular complexity index is 3260. The Balaban J connectivity index is 1.08. The molecule has 1 aliphatic rings. The molecule has 0 fully saturated rings. The summed E-state index contributed by atoms with van der Waals surface area (Å²) in [5, 5.41) is 4.19. The normalized spacial score (nSPS) is 12.7. The number of para-hydroxylation sites is 2. The second-order valence-electron chi connectivity index (χ2n) is 14.5. The minimum Gasteiger partial charge on any atom is -0.456 e. The fraction of sp³-hybridized carbons (Fsp3) is 0. The molecule has 274 valence electrons. The summed E-state index contributed by atoms with van der Waals surface area (Å²) in [6.45, 7) is 4.29. The number of ether oxygens (including phenoxy) is 1. The third-order valence-corrected chi connectivity index (χ3v) is 11.0. The Morgan fingerprint density at radius 2 is 1.14 bits per heavy atom. The van der Waals surface area contributed by atoms with E-state index in [9.17, 15) is 0 Å². The van der Waals surface area contributed by atoms with E-state index in [1.54, 1.807) is 0 Å². The zero-order valence-electron chi connectivity index (χ0n) is 31.4. The number of anilines is 2. The van der Waals surface area contributed by atoms with E-state index in [-0.39, 0.29) is 0 Å². The Hall–Kier alpha value is -7.82. The lowest BCUT2D eigenvalue weighted by Crippen LogP contribution is -2.21. The van der Waals surface area contributed by atoms with E-state index in [1.807, 2.05) is 66.8 Å². The predicted octanol–water partition coefficient (Wildman–Crippen LogP) is 15.1. The molecule has 0 spiro atoms. The lowest BCUT2D eigenvalue weighted by Gasteiger charge is -2.29. The van der Waals surface area contributed by atoms with Gasteiger partial charge in [0.1, 0.15) is 28.1 Å². The fourth-order valence-electron chi connectivity index (χ4n) is 8.36. The lowest BCUT2D eigenvalue weighted by molar-refractivity contribution is 0.415. The number of benzene rings is 8. The molecule has 2 aromatic heterocycles. The fourth-order valence-corrected chi connectivity index (χ4v) is 8.36. The van der Waals surface area contributed by atoms with Crippen LogP contribution in [0.4, 0.5) is 11.4 Å². The molecule has 0 N–H and O–H groups in total. The summed E-state index contributed by atoms with van der Waals surface area (Å²) < 4.78 is 20.2. The second kappa shape index (κ2) is 13.7. The van der Waals surface area contributed by atoms with E-state index >= 15 is 0 Å². The molecule has 0 saturated heterocycles. The molecule has 3 heterocycles. The van der Waals surface area contributed by atoms with Crippen LogP contribution in [0.5, 0.6) is 5.75 Å². The summed E-state index contributed by atoms with van der Waals surface area (Å²) in [7, 11) is 0. The highest BCUT2D eigenvalue weighted by atomic mass is 16.5. The van der Waals surface area contributed by atoms with Crippen LogP contribution in [0.1, 0.15) is 5.56 Å². The number of furan rings is 2. The first-order valence-corrected chi connectivity index (χ1v) is 19.4. The van der Waals surface area contributed by atoms with Crippen molar-refractivity contribution in [2.45, 2.75) is 0 Å². The SMILES string of the molecule is C=C1C=CC=C(N(c2ccc(-c3cccc4oc5c(-c6ccccc6)c6c(cc5c34)oc3ccccc36)cc2)c2cccc(-c3ccccc3)c2)Oc2ccccc21. The molecule has 11 rings (SSSR count). The highest BCUT2D eigenvalue weighted by Gasteiger charge is 2.24. The van der Waals surface area contributed by atoms with E-state index in [0.717, 1.165) is 106 Å². The average molecular weight is 746 g/mol. The van der Waals surface area contributed by atoms with Crippen molar-refractivity contribution in [2.75, 3.05) is 4.90 Å². The Morgan fingerprint density at radius 3 is 1.98 bits per heavy atom. The quantitative estimate of drug-likeness (QED) is 0.170. The van der Waals surface area contributed by atoms with Crippen molar-refractivity contribution in [2.24, 2.45) is 0 Å². The zero-order chi connectivity index (χ0) is 38.6. The van der Waals surface area contributed by atoms with Gasteiger partial charge in [0, 0.05) is 44.0 Å². The maximum Gasteiger partial charge on any atom is 0.205 e. The molecule has 8 aromatic carbocycles. The minimum atomic E-state index is 0.667. The number of hydrogen-bond donors (Lipinski definition) is 0. The standard InChI is InChI=1S/C54H35NO3/c1-35-15-12-28-50(57-46-25-10-8-22-42(35)46)55(41-21-13-20-39(33-41)36-16-4-2-5-17-36)40-31-29-37(30-32-40)43-24-14-27-48-52(43)45-34-49-53(44-23-9-11-26-47(44)56-49)51(54(45)58-48)38-18-6-3-7-19-38/h2-34H,1H2. The van der Waals surface area contributed by atoms with Crippen LogP contribution in [-0.2, 0) is 0 Å².